The number of nitrogens with zero attached hydrogens (tertiary/aromatic N) is 1. The van der Waals surface area contributed by atoms with Gasteiger partial charge < -0.3 is 9.64 Å². The number of carbonyl (C=O) groups is 2. The molecule has 1 heterocycles. The van der Waals surface area contributed by atoms with Crippen LogP contribution in [-0.4, -0.2) is 42.4 Å². The summed E-state index contributed by atoms with van der Waals surface area (Å²) in [6, 6.07) is -0.528. The molecule has 1 amide bonds. The Morgan fingerprint density at radius 3 is 2.42 bits per heavy atom. The van der Waals surface area contributed by atoms with Gasteiger partial charge in [-0.25, -0.2) is 13.6 Å². The van der Waals surface area contributed by atoms with Gasteiger partial charge >= 0.3 is 5.97 Å². The molecule has 0 N–H and O–H groups in total. The molecule has 0 spiro atoms. The summed E-state index contributed by atoms with van der Waals surface area (Å²) in [5, 5.41) is 0. The van der Waals surface area contributed by atoms with Gasteiger partial charge in [0.25, 0.3) is 0 Å². The molecule has 0 aromatic carbocycles. The number of alkyl halides is 2. The largest absolute Gasteiger partial charge is 0.467 e. The number of hydrogen-bond donors (Lipinski definition) is 0. The Hall–Kier alpha value is -1.20. The first-order chi connectivity index (χ1) is 8.94. The summed E-state index contributed by atoms with van der Waals surface area (Å²) in [5.74, 6) is -3.58. The van der Waals surface area contributed by atoms with Crippen LogP contribution in [0.5, 0.6) is 0 Å². The van der Waals surface area contributed by atoms with Crippen molar-refractivity contribution in [2.75, 3.05) is 13.7 Å². The van der Waals surface area contributed by atoms with Crippen molar-refractivity contribution in [3.05, 3.63) is 0 Å². The second-order valence-corrected chi connectivity index (χ2v) is 5.34. The van der Waals surface area contributed by atoms with Gasteiger partial charge in [-0.3, -0.25) is 4.79 Å². The van der Waals surface area contributed by atoms with E-state index in [9.17, 15) is 18.4 Å². The smallest absolute Gasteiger partial charge is 0.328 e. The fourth-order valence-corrected chi connectivity index (χ4v) is 2.93. The zero-order valence-electron chi connectivity index (χ0n) is 11.0. The van der Waals surface area contributed by atoms with Crippen molar-refractivity contribution >= 4 is 11.9 Å². The maximum Gasteiger partial charge on any atom is 0.328 e. The van der Waals surface area contributed by atoms with Gasteiger partial charge in [0.2, 0.25) is 11.8 Å². The van der Waals surface area contributed by atoms with Crippen molar-refractivity contribution in [2.45, 2.75) is 50.5 Å². The highest BCUT2D eigenvalue weighted by atomic mass is 19.3. The molecule has 2 rings (SSSR count). The predicted octanol–water partition coefficient (Wildman–Crippen LogP) is 1.98. The number of likely N-dealkylation sites (tertiary alicyclic amines) is 1. The van der Waals surface area contributed by atoms with Crippen molar-refractivity contribution in [3.8, 4) is 0 Å². The quantitative estimate of drug-likeness (QED) is 0.724. The molecule has 0 aromatic heterocycles. The molecule has 1 unspecified atom stereocenters. The Morgan fingerprint density at radius 2 is 1.84 bits per heavy atom. The monoisotopic (exact) mass is 275 g/mol. The van der Waals surface area contributed by atoms with Crippen molar-refractivity contribution in [2.24, 2.45) is 5.92 Å². The summed E-state index contributed by atoms with van der Waals surface area (Å²) in [7, 11) is 1.30. The highest BCUT2D eigenvalue weighted by molar-refractivity contribution is 5.86. The third-order valence-electron chi connectivity index (χ3n) is 4.08. The number of hydrogen-bond acceptors (Lipinski definition) is 3. The molecular weight excluding hydrogens is 256 g/mol. The second kappa shape index (κ2) is 5.43. The fraction of sp³-hybridized carbons (Fsp3) is 0.846. The van der Waals surface area contributed by atoms with Gasteiger partial charge in [0, 0.05) is 25.3 Å². The number of ether oxygens (including phenoxy) is 1. The van der Waals surface area contributed by atoms with E-state index in [1.165, 1.54) is 12.0 Å². The zero-order chi connectivity index (χ0) is 14.0. The number of carbonyl (C=O) groups excluding carboxylic acids is 2. The molecular formula is C13H19F2NO3. The minimum absolute atomic E-state index is 0.164. The van der Waals surface area contributed by atoms with Crippen molar-refractivity contribution in [3.63, 3.8) is 0 Å². The molecule has 6 heteroatoms. The van der Waals surface area contributed by atoms with E-state index in [0.29, 0.717) is 13.0 Å². The Kier molecular flexibility index (Phi) is 4.06. The van der Waals surface area contributed by atoms with Crippen LogP contribution in [0.1, 0.15) is 38.5 Å². The summed E-state index contributed by atoms with van der Waals surface area (Å²) in [4.78, 5) is 25.4. The maximum absolute atomic E-state index is 13.1. The molecule has 2 aliphatic rings. The van der Waals surface area contributed by atoms with Gasteiger partial charge in [-0.2, -0.15) is 0 Å². The molecule has 0 bridgehead atoms. The van der Waals surface area contributed by atoms with E-state index in [0.717, 1.165) is 6.42 Å². The number of halogens is 2. The van der Waals surface area contributed by atoms with E-state index < -0.39 is 17.9 Å². The summed E-state index contributed by atoms with van der Waals surface area (Å²) in [5.41, 5.74) is 0. The molecule has 0 aromatic rings. The zero-order valence-corrected chi connectivity index (χ0v) is 11.0. The van der Waals surface area contributed by atoms with Crippen molar-refractivity contribution in [1.29, 1.82) is 0 Å². The lowest BCUT2D eigenvalue weighted by Crippen LogP contribution is -2.45. The van der Waals surface area contributed by atoms with Gasteiger partial charge in [0.15, 0.2) is 0 Å². The molecule has 1 atom stereocenters. The van der Waals surface area contributed by atoms with Gasteiger partial charge in [0.05, 0.1) is 7.11 Å². The first kappa shape index (κ1) is 14.2. The van der Waals surface area contributed by atoms with E-state index in [1.807, 2.05) is 0 Å². The SMILES string of the molecule is COC(=O)C1CCCN1C(=O)C1CCC(F)(F)CC1. The average Bonchev–Trinajstić information content (AvgIpc) is 2.86. The average molecular weight is 275 g/mol. The van der Waals surface area contributed by atoms with Crippen LogP contribution in [0.3, 0.4) is 0 Å². The van der Waals surface area contributed by atoms with Crippen molar-refractivity contribution in [1.82, 2.24) is 4.90 Å². The Balaban J connectivity index is 1.98. The summed E-state index contributed by atoms with van der Waals surface area (Å²) < 4.78 is 30.8. The van der Waals surface area contributed by atoms with E-state index in [4.69, 9.17) is 0 Å². The topological polar surface area (TPSA) is 46.6 Å². The first-order valence-electron chi connectivity index (χ1n) is 6.71. The molecule has 1 aliphatic heterocycles. The van der Waals surface area contributed by atoms with Crippen LogP contribution in [0.25, 0.3) is 0 Å². The Morgan fingerprint density at radius 1 is 1.21 bits per heavy atom. The van der Waals surface area contributed by atoms with E-state index >= 15 is 0 Å². The normalized spacial score (nSPS) is 27.3. The van der Waals surface area contributed by atoms with Gasteiger partial charge in [-0.15, -0.1) is 0 Å². The van der Waals surface area contributed by atoms with E-state index in [1.54, 1.807) is 0 Å². The highest BCUT2D eigenvalue weighted by Gasteiger charge is 2.42. The van der Waals surface area contributed by atoms with Crippen LogP contribution >= 0.6 is 0 Å². The van der Waals surface area contributed by atoms with Gasteiger partial charge in [-0.05, 0) is 25.7 Å². The summed E-state index contributed by atoms with van der Waals surface area (Å²) in [6.45, 7) is 0.519. The molecule has 1 saturated carbocycles. The lowest BCUT2D eigenvalue weighted by Gasteiger charge is -2.32. The molecule has 108 valence electrons. The third kappa shape index (κ3) is 3.04. The number of methoxy groups -OCH3 is 1. The Labute approximate surface area is 111 Å². The highest BCUT2D eigenvalue weighted by Crippen LogP contribution is 2.37. The lowest BCUT2D eigenvalue weighted by molar-refractivity contribution is -0.154. The van der Waals surface area contributed by atoms with Crippen LogP contribution < -0.4 is 0 Å². The van der Waals surface area contributed by atoms with Crippen LogP contribution in [0.15, 0.2) is 0 Å². The minimum atomic E-state index is -2.64. The van der Waals surface area contributed by atoms with Crippen molar-refractivity contribution < 1.29 is 23.1 Å². The third-order valence-corrected chi connectivity index (χ3v) is 4.08. The van der Waals surface area contributed by atoms with Gasteiger partial charge in [0.1, 0.15) is 6.04 Å². The molecule has 19 heavy (non-hydrogen) atoms. The summed E-state index contributed by atoms with van der Waals surface area (Å²) in [6.07, 6.45) is 1.29. The standard InChI is InChI=1S/C13H19F2NO3/c1-19-12(18)10-3-2-8-16(10)11(17)9-4-6-13(14,15)7-5-9/h9-10H,2-8H2,1H3. The van der Waals surface area contributed by atoms with E-state index in [-0.39, 0.29) is 37.5 Å². The van der Waals surface area contributed by atoms with Crippen LogP contribution in [0, 0.1) is 5.92 Å². The number of esters is 1. The lowest BCUT2D eigenvalue weighted by atomic mass is 9.86. The molecule has 0 radical (unpaired) electrons. The Bertz CT molecular complexity index is 363. The first-order valence-corrected chi connectivity index (χ1v) is 6.71. The maximum atomic E-state index is 13.1. The van der Waals surface area contributed by atoms with Gasteiger partial charge in [-0.1, -0.05) is 0 Å². The van der Waals surface area contributed by atoms with Crippen LogP contribution in [0.2, 0.25) is 0 Å². The van der Waals surface area contributed by atoms with E-state index in [2.05, 4.69) is 4.74 Å². The molecule has 1 saturated heterocycles. The fourth-order valence-electron chi connectivity index (χ4n) is 2.93. The van der Waals surface area contributed by atoms with Crippen LogP contribution in [0.4, 0.5) is 8.78 Å². The molecule has 2 fully saturated rings. The summed E-state index contributed by atoms with van der Waals surface area (Å²) >= 11 is 0. The second-order valence-electron chi connectivity index (χ2n) is 5.34. The predicted molar refractivity (Wildman–Crippen MR) is 63.7 cm³/mol. The minimum Gasteiger partial charge on any atom is -0.467 e. The number of amides is 1. The van der Waals surface area contributed by atoms with Crippen LogP contribution in [-0.2, 0) is 14.3 Å². The molecule has 4 nitrogen and oxygen atoms in total. The number of rotatable bonds is 2. The molecule has 1 aliphatic carbocycles.